The van der Waals surface area contributed by atoms with Crippen molar-refractivity contribution in [1.82, 2.24) is 15.3 Å². The third-order valence-electron chi connectivity index (χ3n) is 6.23. The first-order chi connectivity index (χ1) is 18.5. The minimum atomic E-state index is -0.898. The largest absolute Gasteiger partial charge is 0.367 e. The summed E-state index contributed by atoms with van der Waals surface area (Å²) in [4.78, 5) is 13.8. The Labute approximate surface area is 228 Å². The van der Waals surface area contributed by atoms with Gasteiger partial charge in [-0.2, -0.15) is 0 Å². The summed E-state index contributed by atoms with van der Waals surface area (Å²) < 4.78 is 44.1. The van der Waals surface area contributed by atoms with Gasteiger partial charge >= 0.3 is 0 Å². The van der Waals surface area contributed by atoms with Crippen LogP contribution in [0, 0.1) is 30.3 Å². The van der Waals surface area contributed by atoms with Gasteiger partial charge in [0.2, 0.25) is 0 Å². The molecule has 4 aromatic rings. The zero-order chi connectivity index (χ0) is 28.3. The van der Waals surface area contributed by atoms with E-state index in [2.05, 4.69) is 41.0 Å². The van der Waals surface area contributed by atoms with Crippen LogP contribution in [0.25, 0.3) is 33.3 Å². The maximum Gasteiger partial charge on any atom is 0.182 e. The summed E-state index contributed by atoms with van der Waals surface area (Å²) in [5, 5.41) is 3.98. The average Bonchev–Trinajstić information content (AvgIpc) is 3.31. The first-order valence-electron chi connectivity index (χ1n) is 13.3. The number of hydrogen-bond acceptors (Lipinski definition) is 4. The molecule has 0 saturated carbocycles. The molecule has 2 aromatic carbocycles. The molecule has 0 spiro atoms. The number of nitrogens with one attached hydrogen (secondary N) is 2. The maximum atomic E-state index is 14.9. The number of piperazine rings is 1. The molecule has 1 aliphatic heterocycles. The molecule has 0 bridgehead atoms. The topological polar surface area (TPSA) is 56.3 Å². The van der Waals surface area contributed by atoms with Crippen LogP contribution in [0.5, 0.6) is 0 Å². The highest BCUT2D eigenvalue weighted by Gasteiger charge is 2.20. The van der Waals surface area contributed by atoms with Gasteiger partial charge in [0.15, 0.2) is 11.6 Å². The van der Waals surface area contributed by atoms with Gasteiger partial charge in [-0.15, -0.1) is 0 Å². The van der Waals surface area contributed by atoms with E-state index in [1.807, 2.05) is 37.8 Å². The number of benzene rings is 2. The average molecular weight is 536 g/mol. The quantitative estimate of drug-likeness (QED) is 0.262. The van der Waals surface area contributed by atoms with Gasteiger partial charge in [-0.3, -0.25) is 4.99 Å². The number of hydrogen-bond donors (Lipinski definition) is 2. The number of halogens is 3. The highest BCUT2D eigenvalue weighted by molar-refractivity contribution is 5.96. The summed E-state index contributed by atoms with van der Waals surface area (Å²) >= 11 is 0. The van der Waals surface area contributed by atoms with Crippen LogP contribution in [0.2, 0.25) is 0 Å². The van der Waals surface area contributed by atoms with Crippen LogP contribution in [-0.2, 0) is 0 Å². The first-order valence-corrected chi connectivity index (χ1v) is 13.3. The van der Waals surface area contributed by atoms with E-state index >= 15 is 0 Å². The summed E-state index contributed by atoms with van der Waals surface area (Å²) in [5.41, 5.74) is 5.32. The Balaban J connectivity index is 0.000000826. The van der Waals surface area contributed by atoms with Crippen LogP contribution in [0.1, 0.15) is 40.2 Å². The molecule has 5 nitrogen and oxygen atoms in total. The highest BCUT2D eigenvalue weighted by Crippen LogP contribution is 2.36. The highest BCUT2D eigenvalue weighted by atomic mass is 19.2. The van der Waals surface area contributed by atoms with Gasteiger partial charge < -0.3 is 15.2 Å². The predicted octanol–water partition coefficient (Wildman–Crippen LogP) is 7.81. The number of rotatable bonds is 4. The van der Waals surface area contributed by atoms with Crippen LogP contribution in [0.15, 0.2) is 47.7 Å². The Bertz CT molecular complexity index is 1470. The summed E-state index contributed by atoms with van der Waals surface area (Å²) in [6.45, 7) is 14.6. The summed E-state index contributed by atoms with van der Waals surface area (Å²) in [6.07, 6.45) is 3.41. The van der Waals surface area contributed by atoms with Gasteiger partial charge in [0, 0.05) is 60.8 Å². The van der Waals surface area contributed by atoms with E-state index in [1.165, 1.54) is 12.1 Å². The smallest absolute Gasteiger partial charge is 0.182 e. The third-order valence-corrected chi connectivity index (χ3v) is 6.23. The molecular formula is C31H36F3N5. The zero-order valence-corrected chi connectivity index (χ0v) is 23.4. The second kappa shape index (κ2) is 12.0. The molecule has 0 amide bonds. The van der Waals surface area contributed by atoms with Crippen molar-refractivity contribution in [3.63, 3.8) is 0 Å². The lowest BCUT2D eigenvalue weighted by Gasteiger charge is -2.30. The van der Waals surface area contributed by atoms with Crippen molar-refractivity contribution in [2.24, 2.45) is 10.9 Å². The number of aromatic nitrogens is 2. The first kappa shape index (κ1) is 28.4. The number of fused-ring (bicyclic) bond motifs is 1. The number of nitrogens with zero attached hydrogens (tertiary/aromatic N) is 3. The van der Waals surface area contributed by atoms with Crippen LogP contribution >= 0.6 is 0 Å². The van der Waals surface area contributed by atoms with Gasteiger partial charge in [0.25, 0.3) is 0 Å². The molecule has 39 heavy (non-hydrogen) atoms. The van der Waals surface area contributed by atoms with Crippen molar-refractivity contribution in [1.29, 1.82) is 0 Å². The molecule has 206 valence electrons. The van der Waals surface area contributed by atoms with Crippen molar-refractivity contribution >= 4 is 28.1 Å². The van der Waals surface area contributed by atoms with Crippen molar-refractivity contribution in [2.75, 3.05) is 31.1 Å². The fourth-order valence-electron chi connectivity index (χ4n) is 4.53. The van der Waals surface area contributed by atoms with E-state index in [-0.39, 0.29) is 5.69 Å². The van der Waals surface area contributed by atoms with Crippen molar-refractivity contribution in [3.8, 4) is 22.3 Å². The molecule has 2 N–H and O–H groups in total. The summed E-state index contributed by atoms with van der Waals surface area (Å²) in [5.74, 6) is -1.31. The Morgan fingerprint density at radius 3 is 2.23 bits per heavy atom. The Hall–Kier alpha value is -3.65. The van der Waals surface area contributed by atoms with E-state index in [0.717, 1.165) is 28.1 Å². The SMILES string of the molecule is CC(C)=Nc1c(C)cc(-c2c[nH]c3ncc(-c4cc(F)c(F)c(N5CCNCC5)c4)cc23)cc1F.CC(C)C. The molecule has 0 atom stereocenters. The van der Waals surface area contributed by atoms with Gasteiger partial charge in [0.1, 0.15) is 17.2 Å². The zero-order valence-electron chi connectivity index (χ0n) is 23.4. The van der Waals surface area contributed by atoms with Gasteiger partial charge in [-0.1, -0.05) is 20.8 Å². The van der Waals surface area contributed by atoms with E-state index in [1.54, 1.807) is 18.5 Å². The molecule has 5 rings (SSSR count). The third kappa shape index (κ3) is 6.50. The van der Waals surface area contributed by atoms with E-state index in [0.29, 0.717) is 54.2 Å². The summed E-state index contributed by atoms with van der Waals surface area (Å²) in [7, 11) is 0. The van der Waals surface area contributed by atoms with E-state index < -0.39 is 17.5 Å². The Morgan fingerprint density at radius 2 is 1.59 bits per heavy atom. The molecule has 1 aliphatic rings. The molecule has 1 saturated heterocycles. The number of H-pyrrole nitrogens is 1. The molecule has 0 radical (unpaired) electrons. The normalized spacial score (nSPS) is 13.4. The molecule has 2 aromatic heterocycles. The molecular weight excluding hydrogens is 499 g/mol. The number of aliphatic imine (C=N–C) groups is 1. The molecule has 3 heterocycles. The van der Waals surface area contributed by atoms with Gasteiger partial charge in [0.05, 0.1) is 5.69 Å². The van der Waals surface area contributed by atoms with Crippen LogP contribution in [0.4, 0.5) is 24.5 Å². The standard InChI is InChI=1S/C27H26F3N5.C4H10/c1-15(2)34-26-16(3)8-18(11-23(26)29)21-14-33-27-20(21)9-19(13-32-27)17-10-22(28)25(30)24(12-17)35-6-4-31-5-7-35;1-4(2)3/h8-14,31H,4-7H2,1-3H3,(H,32,33);4H,1-3H3. The van der Waals surface area contributed by atoms with E-state index in [9.17, 15) is 13.2 Å². The lowest BCUT2D eigenvalue weighted by atomic mass is 9.99. The molecule has 0 aliphatic carbocycles. The summed E-state index contributed by atoms with van der Waals surface area (Å²) in [6, 6.07) is 8.09. The monoisotopic (exact) mass is 535 g/mol. The molecule has 1 fully saturated rings. The van der Waals surface area contributed by atoms with Crippen molar-refractivity contribution < 1.29 is 13.2 Å². The molecule has 8 heteroatoms. The lowest BCUT2D eigenvalue weighted by Crippen LogP contribution is -2.44. The Kier molecular flexibility index (Phi) is 8.75. The van der Waals surface area contributed by atoms with Crippen molar-refractivity contribution in [2.45, 2.75) is 41.5 Å². The second-order valence-electron chi connectivity index (χ2n) is 10.8. The number of aryl methyl sites for hydroxylation is 1. The van der Waals surface area contributed by atoms with Crippen LogP contribution in [0.3, 0.4) is 0 Å². The number of pyridine rings is 1. The fourth-order valence-corrected chi connectivity index (χ4v) is 4.53. The van der Waals surface area contributed by atoms with Gasteiger partial charge in [-0.05, 0) is 73.7 Å². The van der Waals surface area contributed by atoms with Crippen molar-refractivity contribution in [3.05, 3.63) is 65.7 Å². The molecule has 0 unspecified atom stereocenters. The number of aromatic amines is 1. The second-order valence-corrected chi connectivity index (χ2v) is 10.8. The minimum Gasteiger partial charge on any atom is -0.367 e. The fraction of sp³-hybridized carbons (Fsp3) is 0.355. The number of anilines is 1. The van der Waals surface area contributed by atoms with Crippen LogP contribution < -0.4 is 10.2 Å². The minimum absolute atomic E-state index is 0.246. The predicted molar refractivity (Wildman–Crippen MR) is 156 cm³/mol. The van der Waals surface area contributed by atoms with Gasteiger partial charge in [-0.25, -0.2) is 18.2 Å². The van der Waals surface area contributed by atoms with Crippen LogP contribution in [-0.4, -0.2) is 41.9 Å². The Morgan fingerprint density at radius 1 is 0.923 bits per heavy atom. The maximum absolute atomic E-state index is 14.9. The van der Waals surface area contributed by atoms with E-state index in [4.69, 9.17) is 0 Å². The lowest BCUT2D eigenvalue weighted by molar-refractivity contribution is 0.500.